The van der Waals surface area contributed by atoms with Gasteiger partial charge in [0.1, 0.15) is 19.0 Å². The second kappa shape index (κ2) is 11.9. The van der Waals surface area contributed by atoms with Crippen LogP contribution in [-0.2, 0) is 16.2 Å². The molecule has 3 amide bonds. The molecule has 0 spiro atoms. The van der Waals surface area contributed by atoms with E-state index >= 15 is 0 Å². The predicted molar refractivity (Wildman–Crippen MR) is 144 cm³/mol. The van der Waals surface area contributed by atoms with Crippen molar-refractivity contribution in [2.24, 2.45) is 0 Å². The van der Waals surface area contributed by atoms with Crippen molar-refractivity contribution in [2.45, 2.75) is 6.61 Å². The summed E-state index contributed by atoms with van der Waals surface area (Å²) in [5, 5.41) is 11.2. The van der Waals surface area contributed by atoms with Crippen LogP contribution in [0.5, 0.6) is 11.5 Å². The molecule has 0 unspecified atom stereocenters. The molecule has 4 rings (SSSR count). The maximum Gasteiger partial charge on any atom is 0.294 e. The summed E-state index contributed by atoms with van der Waals surface area (Å²) in [6.07, 6.45) is 1.52. The number of nitriles is 1. The topological polar surface area (TPSA) is 109 Å². The fourth-order valence-electron chi connectivity index (χ4n) is 3.50. The molecule has 3 aromatic rings. The van der Waals surface area contributed by atoms with E-state index in [1.54, 1.807) is 30.3 Å². The minimum absolute atomic E-state index is 0.129. The Morgan fingerprint density at radius 3 is 2.61 bits per heavy atom. The molecule has 11 heteroatoms. The monoisotopic (exact) mass is 595 g/mol. The number of carbonyl (C=O) groups excluding carboxylic acids is 3. The van der Waals surface area contributed by atoms with Gasteiger partial charge in [-0.1, -0.05) is 34.1 Å². The lowest BCUT2D eigenvalue weighted by Gasteiger charge is -2.14. The average molecular weight is 596 g/mol. The fourth-order valence-corrected chi connectivity index (χ4v) is 4.77. The Balaban J connectivity index is 1.48. The summed E-state index contributed by atoms with van der Waals surface area (Å²) < 4.78 is 25.0. The van der Waals surface area contributed by atoms with E-state index in [1.165, 1.54) is 37.5 Å². The van der Waals surface area contributed by atoms with Crippen LogP contribution in [0.4, 0.5) is 14.9 Å². The molecule has 0 radical (unpaired) electrons. The molecule has 1 heterocycles. The highest BCUT2D eigenvalue weighted by molar-refractivity contribution is 9.10. The first-order valence-corrected chi connectivity index (χ1v) is 12.7. The third-order valence-corrected chi connectivity index (χ3v) is 6.99. The van der Waals surface area contributed by atoms with Crippen LogP contribution in [-0.4, -0.2) is 35.6 Å². The maximum absolute atomic E-state index is 13.1. The molecule has 192 valence electrons. The number of hydrogen-bond acceptors (Lipinski definition) is 7. The van der Waals surface area contributed by atoms with E-state index in [4.69, 9.17) is 9.47 Å². The number of carbonyl (C=O) groups is 3. The molecule has 0 saturated carbocycles. The van der Waals surface area contributed by atoms with Crippen molar-refractivity contribution < 1.29 is 28.2 Å². The molecular formula is C27H19BrFN3O5S. The number of imide groups is 1. The van der Waals surface area contributed by atoms with Gasteiger partial charge in [-0.25, -0.2) is 4.39 Å². The van der Waals surface area contributed by atoms with Crippen molar-refractivity contribution in [3.8, 4) is 17.6 Å². The van der Waals surface area contributed by atoms with Crippen LogP contribution < -0.4 is 14.8 Å². The van der Waals surface area contributed by atoms with Crippen LogP contribution in [0.2, 0.25) is 0 Å². The molecule has 1 fully saturated rings. The van der Waals surface area contributed by atoms with Gasteiger partial charge in [0, 0.05) is 15.7 Å². The zero-order chi connectivity index (χ0) is 27.2. The van der Waals surface area contributed by atoms with E-state index < -0.39 is 29.4 Å². The molecule has 0 atom stereocenters. The first-order valence-electron chi connectivity index (χ1n) is 11.1. The second-order valence-corrected chi connectivity index (χ2v) is 9.75. The van der Waals surface area contributed by atoms with Gasteiger partial charge >= 0.3 is 0 Å². The minimum atomic E-state index is -0.617. The van der Waals surface area contributed by atoms with Gasteiger partial charge in [-0.15, -0.1) is 0 Å². The Labute approximate surface area is 230 Å². The number of anilines is 1. The van der Waals surface area contributed by atoms with E-state index in [0.717, 1.165) is 10.5 Å². The lowest BCUT2D eigenvalue weighted by Crippen LogP contribution is -2.36. The van der Waals surface area contributed by atoms with E-state index in [-0.39, 0.29) is 11.5 Å². The SMILES string of the molecule is COc1cc(C=C2SC(=O)N(CC(=O)Nc3ccc(F)cc3)C2=O)c(Br)cc1OCc1ccccc1C#N. The third kappa shape index (κ3) is 6.22. The number of nitrogens with one attached hydrogen (secondary N) is 1. The van der Waals surface area contributed by atoms with Gasteiger partial charge in [0.2, 0.25) is 5.91 Å². The van der Waals surface area contributed by atoms with Crippen molar-refractivity contribution in [3.05, 3.63) is 92.5 Å². The smallest absolute Gasteiger partial charge is 0.294 e. The van der Waals surface area contributed by atoms with Gasteiger partial charge in [0.15, 0.2) is 11.5 Å². The number of hydrogen-bond donors (Lipinski definition) is 1. The lowest BCUT2D eigenvalue weighted by molar-refractivity contribution is -0.127. The van der Waals surface area contributed by atoms with Crippen LogP contribution in [0.15, 0.2) is 70.0 Å². The molecule has 1 saturated heterocycles. The molecule has 0 bridgehead atoms. The number of rotatable bonds is 8. The largest absolute Gasteiger partial charge is 0.493 e. The number of nitrogens with zero attached hydrogens (tertiary/aromatic N) is 2. The van der Waals surface area contributed by atoms with E-state index in [9.17, 15) is 24.0 Å². The highest BCUT2D eigenvalue weighted by Crippen LogP contribution is 2.38. The van der Waals surface area contributed by atoms with E-state index in [2.05, 4.69) is 27.3 Å². The highest BCUT2D eigenvalue weighted by atomic mass is 79.9. The average Bonchev–Trinajstić information content (AvgIpc) is 3.17. The first-order chi connectivity index (χ1) is 18.3. The summed E-state index contributed by atoms with van der Waals surface area (Å²) >= 11 is 4.17. The third-order valence-electron chi connectivity index (χ3n) is 5.39. The predicted octanol–water partition coefficient (Wildman–Crippen LogP) is 5.72. The Hall–Kier alpha value is -4.14. The molecule has 0 aromatic heterocycles. The number of halogens is 2. The summed E-state index contributed by atoms with van der Waals surface area (Å²) in [4.78, 5) is 38.7. The Bertz CT molecular complexity index is 1490. The van der Waals surface area contributed by atoms with Crippen LogP contribution in [0.3, 0.4) is 0 Å². The first kappa shape index (κ1) is 26.9. The van der Waals surface area contributed by atoms with Crippen molar-refractivity contribution >= 4 is 56.5 Å². The zero-order valence-electron chi connectivity index (χ0n) is 19.9. The van der Waals surface area contributed by atoms with Crippen LogP contribution in [0.25, 0.3) is 6.08 Å². The number of methoxy groups -OCH3 is 1. The van der Waals surface area contributed by atoms with Gasteiger partial charge in [-0.05, 0) is 65.9 Å². The Morgan fingerprint density at radius 1 is 1.16 bits per heavy atom. The summed E-state index contributed by atoms with van der Waals surface area (Å²) in [6, 6.07) is 17.6. The normalized spacial score (nSPS) is 13.9. The van der Waals surface area contributed by atoms with Gasteiger partial charge in [-0.3, -0.25) is 19.3 Å². The van der Waals surface area contributed by atoms with E-state index in [1.807, 2.05) is 6.07 Å². The van der Waals surface area contributed by atoms with Crippen molar-refractivity contribution in [1.29, 1.82) is 5.26 Å². The van der Waals surface area contributed by atoms with Gasteiger partial charge in [0.05, 0.1) is 23.6 Å². The highest BCUT2D eigenvalue weighted by Gasteiger charge is 2.36. The van der Waals surface area contributed by atoms with Gasteiger partial charge < -0.3 is 14.8 Å². The van der Waals surface area contributed by atoms with Crippen molar-refractivity contribution in [2.75, 3.05) is 19.0 Å². The summed E-state index contributed by atoms with van der Waals surface area (Å²) in [5.74, 6) is -0.872. The van der Waals surface area contributed by atoms with E-state index in [0.29, 0.717) is 44.5 Å². The van der Waals surface area contributed by atoms with Crippen molar-refractivity contribution in [3.63, 3.8) is 0 Å². The Kier molecular flexibility index (Phi) is 8.45. The number of benzene rings is 3. The molecular weight excluding hydrogens is 577 g/mol. The molecule has 1 aliphatic heterocycles. The minimum Gasteiger partial charge on any atom is -0.493 e. The number of amides is 3. The molecule has 3 aromatic carbocycles. The molecule has 8 nitrogen and oxygen atoms in total. The molecule has 0 aliphatic carbocycles. The quantitative estimate of drug-likeness (QED) is 0.331. The van der Waals surface area contributed by atoms with Crippen LogP contribution >= 0.6 is 27.7 Å². The van der Waals surface area contributed by atoms with Crippen LogP contribution in [0.1, 0.15) is 16.7 Å². The second-order valence-electron chi connectivity index (χ2n) is 7.91. The summed E-state index contributed by atoms with van der Waals surface area (Å²) in [6.45, 7) is -0.342. The summed E-state index contributed by atoms with van der Waals surface area (Å²) in [5.41, 5.74) is 2.11. The lowest BCUT2D eigenvalue weighted by atomic mass is 10.1. The van der Waals surface area contributed by atoms with Gasteiger partial charge in [0.25, 0.3) is 11.1 Å². The standard InChI is InChI=1S/C27H19BrFN3O5S/c1-36-22-10-18(21(28)12-23(22)37-15-17-5-3-2-4-16(17)13-30)11-24-26(34)32(27(35)38-24)14-25(33)31-20-8-6-19(29)7-9-20/h2-12H,14-15H2,1H3,(H,31,33). The molecule has 1 N–H and O–H groups in total. The number of thioether (sulfide) groups is 1. The summed E-state index contributed by atoms with van der Waals surface area (Å²) in [7, 11) is 1.47. The maximum atomic E-state index is 13.1. The molecule has 38 heavy (non-hydrogen) atoms. The van der Waals surface area contributed by atoms with Crippen molar-refractivity contribution in [1.82, 2.24) is 4.90 Å². The fraction of sp³-hybridized carbons (Fsp3) is 0.111. The van der Waals surface area contributed by atoms with Gasteiger partial charge in [-0.2, -0.15) is 5.26 Å². The molecule has 1 aliphatic rings. The Morgan fingerprint density at radius 2 is 1.89 bits per heavy atom. The van der Waals surface area contributed by atoms with Crippen LogP contribution in [0, 0.1) is 17.1 Å². The number of ether oxygens (including phenoxy) is 2. The zero-order valence-corrected chi connectivity index (χ0v) is 22.3.